The number of thiocarbonyl (C=S) groups is 1. The fourth-order valence-corrected chi connectivity index (χ4v) is 5.85. The Morgan fingerprint density at radius 3 is 2.53 bits per heavy atom. The second-order valence-corrected chi connectivity index (χ2v) is 10.5. The zero-order chi connectivity index (χ0) is 21.3. The van der Waals surface area contributed by atoms with E-state index in [4.69, 9.17) is 12.2 Å². The van der Waals surface area contributed by atoms with Gasteiger partial charge in [-0.25, -0.2) is 13.4 Å². The maximum atomic E-state index is 12.6. The molecule has 0 saturated carbocycles. The lowest BCUT2D eigenvalue weighted by Gasteiger charge is -2.15. The van der Waals surface area contributed by atoms with Gasteiger partial charge in [-0.2, -0.15) is 4.31 Å². The summed E-state index contributed by atoms with van der Waals surface area (Å²) in [6.45, 7) is 3.03. The molecule has 1 saturated heterocycles. The molecule has 2 N–H and O–H groups in total. The Morgan fingerprint density at radius 1 is 1.13 bits per heavy atom. The number of thiazole rings is 1. The smallest absolute Gasteiger partial charge is 0.257 e. The topological polar surface area (TPSA) is 91.4 Å². The standard InChI is InChI=1S/C20H20N4O3S3/c1-13-21-17-12-15(6-9-18(17)29-13)22-20(28)23-19(25)14-4-7-16(8-5-14)30(26,27)24-10-2-3-11-24/h4-9,12H,2-3,10-11H2,1H3,(H2,22,23,25,28). The van der Waals surface area contributed by atoms with Gasteiger partial charge in [-0.3, -0.25) is 10.1 Å². The summed E-state index contributed by atoms with van der Waals surface area (Å²) in [6, 6.07) is 11.6. The predicted molar refractivity (Wildman–Crippen MR) is 122 cm³/mol. The van der Waals surface area contributed by atoms with E-state index in [-0.39, 0.29) is 10.0 Å². The third-order valence-corrected chi connectivity index (χ3v) is 7.87. The number of fused-ring (bicyclic) bond motifs is 1. The quantitative estimate of drug-likeness (QED) is 0.579. The van der Waals surface area contributed by atoms with Crippen LogP contribution in [-0.4, -0.2) is 41.8 Å². The molecule has 3 aromatic rings. The van der Waals surface area contributed by atoms with Crippen LogP contribution < -0.4 is 10.6 Å². The van der Waals surface area contributed by atoms with E-state index in [2.05, 4.69) is 15.6 Å². The van der Waals surface area contributed by atoms with E-state index in [1.54, 1.807) is 11.3 Å². The Morgan fingerprint density at radius 2 is 1.83 bits per heavy atom. The molecule has 1 fully saturated rings. The second-order valence-electron chi connectivity index (χ2n) is 6.96. The van der Waals surface area contributed by atoms with Crippen molar-refractivity contribution in [3.8, 4) is 0 Å². The average molecular weight is 461 g/mol. The predicted octanol–water partition coefficient (Wildman–Crippen LogP) is 3.52. The SMILES string of the molecule is Cc1nc2cc(NC(=S)NC(=O)c3ccc(S(=O)(=O)N4CCCC4)cc3)ccc2s1. The number of aryl methyl sites for hydroxylation is 1. The van der Waals surface area contributed by atoms with Crippen molar-refractivity contribution >= 4 is 60.5 Å². The summed E-state index contributed by atoms with van der Waals surface area (Å²) in [6.07, 6.45) is 1.75. The normalized spacial score (nSPS) is 14.7. The van der Waals surface area contributed by atoms with E-state index >= 15 is 0 Å². The van der Waals surface area contributed by atoms with Gasteiger partial charge in [-0.05, 0) is 74.4 Å². The third kappa shape index (κ3) is 4.36. The van der Waals surface area contributed by atoms with Gasteiger partial charge in [0.2, 0.25) is 10.0 Å². The fourth-order valence-electron chi connectivity index (χ4n) is 3.31. The number of carbonyl (C=O) groups excluding carboxylic acids is 1. The van der Waals surface area contributed by atoms with Crippen LogP contribution in [0.15, 0.2) is 47.4 Å². The Hall–Kier alpha value is -2.40. The summed E-state index contributed by atoms with van der Waals surface area (Å²) in [5, 5.41) is 6.73. The molecule has 2 heterocycles. The zero-order valence-electron chi connectivity index (χ0n) is 16.2. The van der Waals surface area contributed by atoms with Crippen molar-refractivity contribution < 1.29 is 13.2 Å². The van der Waals surface area contributed by atoms with Crippen molar-refractivity contribution in [1.29, 1.82) is 0 Å². The number of rotatable bonds is 4. The minimum Gasteiger partial charge on any atom is -0.332 e. The first-order chi connectivity index (χ1) is 14.3. The monoisotopic (exact) mass is 460 g/mol. The molecule has 1 aliphatic rings. The largest absolute Gasteiger partial charge is 0.332 e. The summed E-state index contributed by atoms with van der Waals surface area (Å²) in [5.74, 6) is -0.414. The lowest BCUT2D eigenvalue weighted by molar-refractivity contribution is 0.0977. The highest BCUT2D eigenvalue weighted by atomic mass is 32.2. The number of carbonyl (C=O) groups is 1. The van der Waals surface area contributed by atoms with Crippen LogP contribution in [0.5, 0.6) is 0 Å². The molecular weight excluding hydrogens is 440 g/mol. The van der Waals surface area contributed by atoms with Crippen LogP contribution in [0.1, 0.15) is 28.2 Å². The summed E-state index contributed by atoms with van der Waals surface area (Å²) >= 11 is 6.85. The Bertz CT molecular complexity index is 1210. The number of anilines is 1. The van der Waals surface area contributed by atoms with Gasteiger partial charge in [-0.15, -0.1) is 11.3 Å². The lowest BCUT2D eigenvalue weighted by atomic mass is 10.2. The van der Waals surface area contributed by atoms with Crippen molar-refractivity contribution in [2.75, 3.05) is 18.4 Å². The fraction of sp³-hybridized carbons (Fsp3) is 0.250. The van der Waals surface area contributed by atoms with Gasteiger partial charge in [-0.1, -0.05) is 0 Å². The molecule has 2 aromatic carbocycles. The molecule has 0 atom stereocenters. The van der Waals surface area contributed by atoms with Gasteiger partial charge in [0.05, 0.1) is 20.1 Å². The average Bonchev–Trinajstić information content (AvgIpc) is 3.37. The van der Waals surface area contributed by atoms with Crippen molar-refractivity contribution in [2.45, 2.75) is 24.7 Å². The number of benzene rings is 2. The molecule has 30 heavy (non-hydrogen) atoms. The van der Waals surface area contributed by atoms with Crippen LogP contribution in [0.3, 0.4) is 0 Å². The Labute approximate surface area is 184 Å². The highest BCUT2D eigenvalue weighted by Crippen LogP contribution is 2.24. The lowest BCUT2D eigenvalue weighted by Crippen LogP contribution is -2.34. The van der Waals surface area contributed by atoms with Crippen LogP contribution in [0.2, 0.25) is 0 Å². The molecule has 0 spiro atoms. The molecule has 156 valence electrons. The molecule has 10 heteroatoms. The minimum atomic E-state index is -3.50. The van der Waals surface area contributed by atoms with Gasteiger partial charge < -0.3 is 5.32 Å². The zero-order valence-corrected chi connectivity index (χ0v) is 18.7. The third-order valence-electron chi connectivity index (χ3n) is 4.80. The van der Waals surface area contributed by atoms with Gasteiger partial charge >= 0.3 is 0 Å². The summed E-state index contributed by atoms with van der Waals surface area (Å²) in [7, 11) is -3.50. The number of aromatic nitrogens is 1. The molecule has 7 nitrogen and oxygen atoms in total. The summed E-state index contributed by atoms with van der Waals surface area (Å²) in [4.78, 5) is 17.1. The molecule has 1 aliphatic heterocycles. The van der Waals surface area contributed by atoms with E-state index in [9.17, 15) is 13.2 Å². The maximum absolute atomic E-state index is 12.6. The number of hydrogen-bond donors (Lipinski definition) is 2. The first kappa shape index (κ1) is 20.9. The first-order valence-electron chi connectivity index (χ1n) is 9.43. The Balaban J connectivity index is 1.40. The number of sulfonamides is 1. The van der Waals surface area contributed by atoms with E-state index in [0.29, 0.717) is 18.7 Å². The van der Waals surface area contributed by atoms with Crippen LogP contribution in [0.25, 0.3) is 10.2 Å². The van der Waals surface area contributed by atoms with E-state index in [1.165, 1.54) is 28.6 Å². The number of nitrogens with zero attached hydrogens (tertiary/aromatic N) is 2. The van der Waals surface area contributed by atoms with E-state index in [1.807, 2.05) is 25.1 Å². The number of nitrogens with one attached hydrogen (secondary N) is 2. The van der Waals surface area contributed by atoms with E-state index < -0.39 is 15.9 Å². The van der Waals surface area contributed by atoms with Crippen molar-refractivity contribution in [3.63, 3.8) is 0 Å². The minimum absolute atomic E-state index is 0.153. The number of amides is 1. The van der Waals surface area contributed by atoms with Gasteiger partial charge in [0.1, 0.15) is 0 Å². The molecule has 4 rings (SSSR count). The Kier molecular flexibility index (Phi) is 5.83. The van der Waals surface area contributed by atoms with Gasteiger partial charge in [0, 0.05) is 24.3 Å². The molecule has 0 unspecified atom stereocenters. The van der Waals surface area contributed by atoms with Gasteiger partial charge in [0.25, 0.3) is 5.91 Å². The van der Waals surface area contributed by atoms with Crippen LogP contribution in [0, 0.1) is 6.92 Å². The number of hydrogen-bond acceptors (Lipinski definition) is 6. The maximum Gasteiger partial charge on any atom is 0.257 e. The molecule has 1 amide bonds. The van der Waals surface area contributed by atoms with Gasteiger partial charge in [0.15, 0.2) is 5.11 Å². The van der Waals surface area contributed by atoms with Crippen LogP contribution in [0.4, 0.5) is 5.69 Å². The molecule has 0 aliphatic carbocycles. The van der Waals surface area contributed by atoms with E-state index in [0.717, 1.165) is 33.8 Å². The second kappa shape index (κ2) is 8.38. The first-order valence-corrected chi connectivity index (χ1v) is 12.1. The molecular formula is C20H20N4O3S3. The summed E-state index contributed by atoms with van der Waals surface area (Å²) < 4.78 is 27.7. The molecule has 0 radical (unpaired) electrons. The highest BCUT2D eigenvalue weighted by molar-refractivity contribution is 7.89. The van der Waals surface area contributed by atoms with Crippen molar-refractivity contribution in [1.82, 2.24) is 14.6 Å². The highest BCUT2D eigenvalue weighted by Gasteiger charge is 2.27. The van der Waals surface area contributed by atoms with Crippen LogP contribution in [-0.2, 0) is 10.0 Å². The molecule has 1 aromatic heterocycles. The van der Waals surface area contributed by atoms with Crippen molar-refractivity contribution in [2.24, 2.45) is 0 Å². The van der Waals surface area contributed by atoms with Crippen LogP contribution >= 0.6 is 23.6 Å². The summed E-state index contributed by atoms with van der Waals surface area (Å²) in [5.41, 5.74) is 1.92. The van der Waals surface area contributed by atoms with Crippen molar-refractivity contribution in [3.05, 3.63) is 53.0 Å². The molecule has 0 bridgehead atoms.